The standard InChI is InChI=1S/C22H20Cl2N4O4S/c1-12-4-5-14(24)10-16(12)26-17(29)11-33-19(25-15-8-6-13(23)7-9-15)18-20(30)27(2)22(32)28(3)21(18)31/h4-10,30H,11H2,1-3H3,(H,26,29). The SMILES string of the molecule is Cc1ccc(Cl)cc1NC(=O)CSC(=Nc1ccc(Cl)cc1)c1c(O)n(C)c(=O)n(C)c1=O. The van der Waals surface area contributed by atoms with E-state index in [0.29, 0.717) is 21.4 Å². The molecule has 0 radical (unpaired) electrons. The molecule has 0 aliphatic rings. The van der Waals surface area contributed by atoms with Crippen molar-refractivity contribution in [2.75, 3.05) is 11.1 Å². The minimum atomic E-state index is -0.734. The number of benzene rings is 2. The first-order valence-corrected chi connectivity index (χ1v) is 11.3. The number of nitrogens with zero attached hydrogens (tertiary/aromatic N) is 3. The molecule has 0 aliphatic heterocycles. The number of anilines is 1. The third kappa shape index (κ3) is 5.68. The lowest BCUT2D eigenvalue weighted by atomic mass is 10.2. The topological polar surface area (TPSA) is 106 Å². The van der Waals surface area contributed by atoms with Gasteiger partial charge in [-0.2, -0.15) is 0 Å². The molecular formula is C22H20Cl2N4O4S. The van der Waals surface area contributed by atoms with E-state index in [1.807, 2.05) is 6.92 Å². The van der Waals surface area contributed by atoms with Crippen LogP contribution in [-0.2, 0) is 18.9 Å². The van der Waals surface area contributed by atoms with Gasteiger partial charge in [0, 0.05) is 29.8 Å². The van der Waals surface area contributed by atoms with Crippen LogP contribution in [0.2, 0.25) is 10.0 Å². The normalized spacial score (nSPS) is 11.5. The molecule has 0 fully saturated rings. The lowest BCUT2D eigenvalue weighted by molar-refractivity contribution is -0.113. The Labute approximate surface area is 203 Å². The second-order valence-corrected chi connectivity index (χ2v) is 8.93. The molecule has 8 nitrogen and oxygen atoms in total. The van der Waals surface area contributed by atoms with Crippen LogP contribution in [0, 0.1) is 6.92 Å². The zero-order valence-electron chi connectivity index (χ0n) is 17.9. The average molecular weight is 507 g/mol. The Morgan fingerprint density at radius 1 is 1.06 bits per heavy atom. The van der Waals surface area contributed by atoms with Crippen LogP contribution in [0.5, 0.6) is 5.88 Å². The monoisotopic (exact) mass is 506 g/mol. The summed E-state index contributed by atoms with van der Waals surface area (Å²) in [7, 11) is 2.63. The molecule has 11 heteroatoms. The van der Waals surface area contributed by atoms with Crippen LogP contribution in [0.15, 0.2) is 57.0 Å². The van der Waals surface area contributed by atoms with Crippen molar-refractivity contribution in [2.45, 2.75) is 6.92 Å². The summed E-state index contributed by atoms with van der Waals surface area (Å²) in [5.41, 5.74) is 0.227. The van der Waals surface area contributed by atoms with Crippen LogP contribution >= 0.6 is 35.0 Å². The second-order valence-electron chi connectivity index (χ2n) is 7.09. The van der Waals surface area contributed by atoms with E-state index >= 15 is 0 Å². The summed E-state index contributed by atoms with van der Waals surface area (Å²) >= 11 is 12.9. The van der Waals surface area contributed by atoms with E-state index in [1.165, 1.54) is 14.1 Å². The van der Waals surface area contributed by atoms with Crippen molar-refractivity contribution in [1.29, 1.82) is 0 Å². The minimum Gasteiger partial charge on any atom is -0.494 e. The molecule has 0 aliphatic carbocycles. The number of thioether (sulfide) groups is 1. The number of aromatic nitrogens is 2. The predicted molar refractivity (Wildman–Crippen MR) is 134 cm³/mol. The lowest BCUT2D eigenvalue weighted by Crippen LogP contribution is -2.39. The van der Waals surface area contributed by atoms with Gasteiger partial charge in [0.05, 0.1) is 11.4 Å². The van der Waals surface area contributed by atoms with Gasteiger partial charge in [-0.15, -0.1) is 0 Å². The Kier molecular flexibility index (Phi) is 7.68. The molecule has 0 bridgehead atoms. The van der Waals surface area contributed by atoms with E-state index in [-0.39, 0.29) is 22.3 Å². The highest BCUT2D eigenvalue weighted by Gasteiger charge is 2.22. The highest BCUT2D eigenvalue weighted by Crippen LogP contribution is 2.25. The van der Waals surface area contributed by atoms with Gasteiger partial charge in [-0.1, -0.05) is 41.0 Å². The van der Waals surface area contributed by atoms with Crippen LogP contribution in [0.4, 0.5) is 11.4 Å². The number of aliphatic imine (C=N–C) groups is 1. The Morgan fingerprint density at radius 3 is 2.36 bits per heavy atom. The van der Waals surface area contributed by atoms with Crippen LogP contribution in [0.25, 0.3) is 0 Å². The fraction of sp³-hybridized carbons (Fsp3) is 0.182. The average Bonchev–Trinajstić information content (AvgIpc) is 2.78. The van der Waals surface area contributed by atoms with Gasteiger partial charge in [0.1, 0.15) is 10.6 Å². The summed E-state index contributed by atoms with van der Waals surface area (Å²) in [5.74, 6) is -1.03. The van der Waals surface area contributed by atoms with Crippen LogP contribution in [-0.4, -0.2) is 30.9 Å². The number of carbonyl (C=O) groups is 1. The maximum absolute atomic E-state index is 12.8. The van der Waals surface area contributed by atoms with Gasteiger partial charge >= 0.3 is 5.69 Å². The van der Waals surface area contributed by atoms with Crippen molar-refractivity contribution in [3.8, 4) is 5.88 Å². The third-order valence-corrected chi connectivity index (χ3v) is 6.18. The molecule has 1 amide bonds. The number of aryl methyl sites for hydroxylation is 1. The van der Waals surface area contributed by atoms with Gasteiger partial charge in [0.15, 0.2) is 0 Å². The Hall–Kier alpha value is -3.01. The molecule has 1 aromatic heterocycles. The van der Waals surface area contributed by atoms with E-state index in [0.717, 1.165) is 26.5 Å². The maximum Gasteiger partial charge on any atom is 0.333 e. The summed E-state index contributed by atoms with van der Waals surface area (Å²) in [6, 6.07) is 11.6. The minimum absolute atomic E-state index is 0.0731. The van der Waals surface area contributed by atoms with Crippen molar-refractivity contribution < 1.29 is 9.90 Å². The van der Waals surface area contributed by atoms with E-state index < -0.39 is 17.1 Å². The van der Waals surface area contributed by atoms with Gasteiger partial charge < -0.3 is 10.4 Å². The smallest absolute Gasteiger partial charge is 0.333 e. The van der Waals surface area contributed by atoms with Gasteiger partial charge in [0.2, 0.25) is 11.8 Å². The van der Waals surface area contributed by atoms with Crippen molar-refractivity contribution in [3.05, 3.63) is 84.5 Å². The first-order chi connectivity index (χ1) is 15.6. The molecule has 0 saturated carbocycles. The number of hydrogen-bond donors (Lipinski definition) is 2. The summed E-state index contributed by atoms with van der Waals surface area (Å²) in [6.07, 6.45) is 0. The summed E-state index contributed by atoms with van der Waals surface area (Å²) < 4.78 is 1.80. The van der Waals surface area contributed by atoms with E-state index in [4.69, 9.17) is 23.2 Å². The van der Waals surface area contributed by atoms with Gasteiger partial charge in [-0.05, 0) is 48.9 Å². The van der Waals surface area contributed by atoms with Gasteiger partial charge in [0.25, 0.3) is 5.56 Å². The molecule has 0 unspecified atom stereocenters. The van der Waals surface area contributed by atoms with Gasteiger partial charge in [-0.3, -0.25) is 18.7 Å². The molecule has 2 aromatic carbocycles. The summed E-state index contributed by atoms with van der Waals surface area (Å²) in [6.45, 7) is 1.83. The largest absolute Gasteiger partial charge is 0.494 e. The quantitative estimate of drug-likeness (QED) is 0.403. The molecule has 3 aromatic rings. The van der Waals surface area contributed by atoms with Gasteiger partial charge in [-0.25, -0.2) is 9.79 Å². The molecule has 2 N–H and O–H groups in total. The highest BCUT2D eigenvalue weighted by atomic mass is 35.5. The molecule has 1 heterocycles. The zero-order valence-corrected chi connectivity index (χ0v) is 20.3. The molecule has 0 saturated heterocycles. The second kappa shape index (κ2) is 10.3. The highest BCUT2D eigenvalue weighted by molar-refractivity contribution is 8.15. The Balaban J connectivity index is 1.98. The van der Waals surface area contributed by atoms with E-state index in [1.54, 1.807) is 42.5 Å². The molecule has 3 rings (SSSR count). The van der Waals surface area contributed by atoms with Crippen LogP contribution in [0.3, 0.4) is 0 Å². The Morgan fingerprint density at radius 2 is 1.70 bits per heavy atom. The number of hydrogen-bond acceptors (Lipinski definition) is 6. The fourth-order valence-corrected chi connectivity index (χ4v) is 3.99. The fourth-order valence-electron chi connectivity index (χ4n) is 2.86. The van der Waals surface area contributed by atoms with Crippen LogP contribution in [0.1, 0.15) is 11.1 Å². The van der Waals surface area contributed by atoms with E-state index in [2.05, 4.69) is 10.3 Å². The number of aromatic hydroxyl groups is 1. The Bertz CT molecular complexity index is 1360. The molecule has 33 heavy (non-hydrogen) atoms. The molecule has 172 valence electrons. The van der Waals surface area contributed by atoms with E-state index in [9.17, 15) is 19.5 Å². The van der Waals surface area contributed by atoms with Crippen molar-refractivity contribution in [3.63, 3.8) is 0 Å². The summed E-state index contributed by atoms with van der Waals surface area (Å²) in [4.78, 5) is 42.0. The maximum atomic E-state index is 12.8. The molecule has 0 spiro atoms. The van der Waals surface area contributed by atoms with Crippen molar-refractivity contribution in [1.82, 2.24) is 9.13 Å². The first kappa shape index (κ1) is 24.6. The first-order valence-electron chi connectivity index (χ1n) is 9.61. The number of carbonyl (C=O) groups excluding carboxylic acids is 1. The number of halogens is 2. The predicted octanol–water partition coefficient (Wildman–Crippen LogP) is 3.86. The van der Waals surface area contributed by atoms with Crippen molar-refractivity contribution >= 4 is 57.3 Å². The number of rotatable bonds is 5. The molecular weight excluding hydrogens is 487 g/mol. The zero-order chi connectivity index (χ0) is 24.3. The number of nitrogens with one attached hydrogen (secondary N) is 1. The third-order valence-electron chi connectivity index (χ3n) is 4.72. The van der Waals surface area contributed by atoms with Crippen molar-refractivity contribution in [2.24, 2.45) is 19.1 Å². The van der Waals surface area contributed by atoms with Crippen LogP contribution < -0.4 is 16.6 Å². The lowest BCUT2D eigenvalue weighted by Gasteiger charge is -2.13. The summed E-state index contributed by atoms with van der Waals surface area (Å²) in [5, 5.41) is 14.4. The molecule has 0 atom stereocenters. The number of amides is 1.